The smallest absolute Gasteiger partial charge is 0.236 e. The van der Waals surface area contributed by atoms with Crippen molar-refractivity contribution in [2.45, 2.75) is 38.5 Å². The molecule has 1 fully saturated rings. The topological polar surface area (TPSA) is 41.6 Å². The molecule has 1 aliphatic rings. The van der Waals surface area contributed by atoms with E-state index in [4.69, 9.17) is 4.74 Å². The number of nitrogens with one attached hydrogen (secondary N) is 1. The van der Waals surface area contributed by atoms with Crippen LogP contribution in [0.15, 0.2) is 0 Å². The second kappa shape index (κ2) is 9.34. The van der Waals surface area contributed by atoms with Gasteiger partial charge in [0.05, 0.1) is 13.2 Å². The van der Waals surface area contributed by atoms with Crippen molar-refractivity contribution in [3.8, 4) is 0 Å². The van der Waals surface area contributed by atoms with Gasteiger partial charge in [0.25, 0.3) is 0 Å². The van der Waals surface area contributed by atoms with E-state index in [2.05, 4.69) is 5.32 Å². The third-order valence-corrected chi connectivity index (χ3v) is 3.78. The lowest BCUT2D eigenvalue weighted by Crippen LogP contribution is -2.37. The first-order valence-electron chi connectivity index (χ1n) is 7.17. The number of carbonyl (C=O) groups excluding carboxylic acids is 1. The van der Waals surface area contributed by atoms with E-state index in [9.17, 15) is 4.79 Å². The average molecular weight is 256 g/mol. The molecule has 0 unspecified atom stereocenters. The average Bonchev–Trinajstić information content (AvgIpc) is 2.42. The van der Waals surface area contributed by atoms with Crippen molar-refractivity contribution in [3.63, 3.8) is 0 Å². The molecular formula is C14H28N2O2. The lowest BCUT2D eigenvalue weighted by molar-refractivity contribution is -0.129. The van der Waals surface area contributed by atoms with E-state index in [1.807, 2.05) is 11.9 Å². The maximum atomic E-state index is 11.8. The van der Waals surface area contributed by atoms with Crippen molar-refractivity contribution >= 4 is 5.91 Å². The predicted molar refractivity (Wildman–Crippen MR) is 73.6 cm³/mol. The monoisotopic (exact) mass is 256 g/mol. The summed E-state index contributed by atoms with van der Waals surface area (Å²) in [5.41, 5.74) is 0. The van der Waals surface area contributed by atoms with Crippen molar-refractivity contribution in [2.24, 2.45) is 5.92 Å². The Kier molecular flexibility index (Phi) is 8.01. The molecule has 1 aliphatic carbocycles. The highest BCUT2D eigenvalue weighted by molar-refractivity contribution is 5.77. The lowest BCUT2D eigenvalue weighted by Gasteiger charge is -2.24. The summed E-state index contributed by atoms with van der Waals surface area (Å²) in [6.07, 6.45) is 8.03. The molecular weight excluding hydrogens is 228 g/mol. The van der Waals surface area contributed by atoms with Crippen LogP contribution in [0, 0.1) is 5.92 Å². The molecule has 0 aromatic heterocycles. The van der Waals surface area contributed by atoms with Crippen molar-refractivity contribution in [3.05, 3.63) is 0 Å². The number of methoxy groups -OCH3 is 1. The molecule has 0 spiro atoms. The van der Waals surface area contributed by atoms with Crippen LogP contribution in [-0.4, -0.2) is 51.2 Å². The Labute approximate surface area is 111 Å². The van der Waals surface area contributed by atoms with Crippen molar-refractivity contribution in [2.75, 3.05) is 40.4 Å². The van der Waals surface area contributed by atoms with E-state index in [-0.39, 0.29) is 5.91 Å². The quantitative estimate of drug-likeness (QED) is 0.671. The van der Waals surface area contributed by atoms with Gasteiger partial charge in [0.1, 0.15) is 0 Å². The van der Waals surface area contributed by atoms with E-state index in [1.54, 1.807) is 7.11 Å². The number of amides is 1. The van der Waals surface area contributed by atoms with Crippen LogP contribution in [0.1, 0.15) is 38.5 Å². The molecule has 0 saturated heterocycles. The second-order valence-electron chi connectivity index (χ2n) is 5.28. The Morgan fingerprint density at radius 3 is 2.72 bits per heavy atom. The summed E-state index contributed by atoms with van der Waals surface area (Å²) in [7, 11) is 3.57. The molecule has 1 amide bonds. The molecule has 4 nitrogen and oxygen atoms in total. The first-order valence-corrected chi connectivity index (χ1v) is 7.17. The van der Waals surface area contributed by atoms with Gasteiger partial charge < -0.3 is 15.0 Å². The van der Waals surface area contributed by atoms with E-state index in [0.29, 0.717) is 13.2 Å². The molecule has 0 bridgehead atoms. The van der Waals surface area contributed by atoms with Crippen LogP contribution in [-0.2, 0) is 9.53 Å². The van der Waals surface area contributed by atoms with Crippen LogP contribution in [0.5, 0.6) is 0 Å². The van der Waals surface area contributed by atoms with Gasteiger partial charge >= 0.3 is 0 Å². The Bertz CT molecular complexity index is 228. The fourth-order valence-electron chi connectivity index (χ4n) is 2.48. The van der Waals surface area contributed by atoms with Gasteiger partial charge in [-0.25, -0.2) is 0 Å². The van der Waals surface area contributed by atoms with Crippen LogP contribution in [0.25, 0.3) is 0 Å². The number of rotatable bonds is 8. The van der Waals surface area contributed by atoms with Crippen LogP contribution >= 0.6 is 0 Å². The third kappa shape index (κ3) is 6.36. The predicted octanol–water partition coefficient (Wildman–Crippen LogP) is 1.65. The van der Waals surface area contributed by atoms with Crippen molar-refractivity contribution < 1.29 is 9.53 Å². The number of nitrogens with zero attached hydrogens (tertiary/aromatic N) is 1. The SMILES string of the molecule is COCCNCC(=O)N(C)CCC1CCCCC1. The molecule has 0 atom stereocenters. The molecule has 1 N–H and O–H groups in total. The van der Waals surface area contributed by atoms with E-state index in [1.165, 1.54) is 38.5 Å². The van der Waals surface area contributed by atoms with Gasteiger partial charge in [0.2, 0.25) is 5.91 Å². The molecule has 1 saturated carbocycles. The summed E-state index contributed by atoms with van der Waals surface area (Å²) in [5.74, 6) is 1.03. The van der Waals surface area contributed by atoms with Crippen LogP contribution in [0.2, 0.25) is 0 Å². The maximum Gasteiger partial charge on any atom is 0.236 e. The van der Waals surface area contributed by atoms with Gasteiger partial charge in [-0.05, 0) is 12.3 Å². The van der Waals surface area contributed by atoms with E-state index in [0.717, 1.165) is 19.0 Å². The zero-order valence-electron chi connectivity index (χ0n) is 11.9. The fourth-order valence-corrected chi connectivity index (χ4v) is 2.48. The molecule has 4 heteroatoms. The molecule has 1 rings (SSSR count). The van der Waals surface area contributed by atoms with Gasteiger partial charge in [0, 0.05) is 27.2 Å². The van der Waals surface area contributed by atoms with Crippen LogP contribution in [0.4, 0.5) is 0 Å². The fraction of sp³-hybridized carbons (Fsp3) is 0.929. The number of likely N-dealkylation sites (N-methyl/N-ethyl adjacent to an activating group) is 1. The Balaban J connectivity index is 2.07. The summed E-state index contributed by atoms with van der Waals surface area (Å²) in [6, 6.07) is 0. The molecule has 0 heterocycles. The van der Waals surface area contributed by atoms with Gasteiger partial charge in [-0.15, -0.1) is 0 Å². The normalized spacial score (nSPS) is 16.8. The Hall–Kier alpha value is -0.610. The standard InChI is InChI=1S/C14H28N2O2/c1-16(14(17)12-15-9-11-18-2)10-8-13-6-4-3-5-7-13/h13,15H,3-12H2,1-2H3. The van der Waals surface area contributed by atoms with E-state index >= 15 is 0 Å². The highest BCUT2D eigenvalue weighted by Crippen LogP contribution is 2.26. The minimum atomic E-state index is 0.182. The minimum Gasteiger partial charge on any atom is -0.383 e. The number of hydrogen-bond acceptors (Lipinski definition) is 3. The molecule has 0 aromatic rings. The molecule has 106 valence electrons. The molecule has 18 heavy (non-hydrogen) atoms. The number of hydrogen-bond donors (Lipinski definition) is 1. The van der Waals surface area contributed by atoms with Gasteiger partial charge in [-0.3, -0.25) is 4.79 Å². The summed E-state index contributed by atoms with van der Waals surface area (Å²) in [6.45, 7) is 2.71. The summed E-state index contributed by atoms with van der Waals surface area (Å²) in [4.78, 5) is 13.7. The van der Waals surface area contributed by atoms with Gasteiger partial charge in [-0.1, -0.05) is 32.1 Å². The van der Waals surface area contributed by atoms with Crippen LogP contribution < -0.4 is 5.32 Å². The van der Waals surface area contributed by atoms with Gasteiger partial charge in [-0.2, -0.15) is 0 Å². The van der Waals surface area contributed by atoms with Crippen LogP contribution in [0.3, 0.4) is 0 Å². The zero-order chi connectivity index (χ0) is 13.2. The first-order chi connectivity index (χ1) is 8.74. The minimum absolute atomic E-state index is 0.182. The van der Waals surface area contributed by atoms with E-state index < -0.39 is 0 Å². The highest BCUT2D eigenvalue weighted by Gasteiger charge is 2.15. The largest absolute Gasteiger partial charge is 0.383 e. The third-order valence-electron chi connectivity index (χ3n) is 3.78. The van der Waals surface area contributed by atoms with Crippen molar-refractivity contribution in [1.29, 1.82) is 0 Å². The maximum absolute atomic E-state index is 11.8. The number of ether oxygens (including phenoxy) is 1. The lowest BCUT2D eigenvalue weighted by atomic mass is 9.87. The van der Waals surface area contributed by atoms with Gasteiger partial charge in [0.15, 0.2) is 0 Å². The Morgan fingerprint density at radius 1 is 1.33 bits per heavy atom. The summed E-state index contributed by atoms with van der Waals surface area (Å²) < 4.78 is 4.92. The Morgan fingerprint density at radius 2 is 2.06 bits per heavy atom. The first kappa shape index (κ1) is 15.4. The van der Waals surface area contributed by atoms with Crippen molar-refractivity contribution in [1.82, 2.24) is 10.2 Å². The zero-order valence-corrected chi connectivity index (χ0v) is 11.9. The number of carbonyl (C=O) groups is 1. The summed E-state index contributed by atoms with van der Waals surface area (Å²) in [5, 5.41) is 3.09. The summed E-state index contributed by atoms with van der Waals surface area (Å²) >= 11 is 0. The molecule has 0 radical (unpaired) electrons. The second-order valence-corrected chi connectivity index (χ2v) is 5.28. The molecule has 0 aromatic carbocycles. The highest BCUT2D eigenvalue weighted by atomic mass is 16.5. The molecule has 0 aliphatic heterocycles.